The van der Waals surface area contributed by atoms with Crippen LogP contribution in [0.2, 0.25) is 0 Å². The molecule has 0 bridgehead atoms. The van der Waals surface area contributed by atoms with E-state index in [1.165, 1.54) is 30.3 Å². The second kappa shape index (κ2) is 5.57. The van der Waals surface area contributed by atoms with Gasteiger partial charge in [0, 0.05) is 19.2 Å². The van der Waals surface area contributed by atoms with Crippen LogP contribution in [-0.2, 0) is 4.79 Å². The van der Waals surface area contributed by atoms with Crippen LogP contribution in [0.5, 0.6) is 0 Å². The molecule has 1 aliphatic carbocycles. The van der Waals surface area contributed by atoms with Gasteiger partial charge in [0.15, 0.2) is 0 Å². The highest BCUT2D eigenvalue weighted by Crippen LogP contribution is 2.35. The van der Waals surface area contributed by atoms with Gasteiger partial charge < -0.3 is 10.0 Å². The Morgan fingerprint density at radius 1 is 1.53 bits per heavy atom. The van der Waals surface area contributed by atoms with Crippen molar-refractivity contribution in [1.82, 2.24) is 4.90 Å². The van der Waals surface area contributed by atoms with Crippen molar-refractivity contribution in [1.29, 1.82) is 0 Å². The van der Waals surface area contributed by atoms with Crippen LogP contribution in [0, 0.1) is 5.92 Å². The van der Waals surface area contributed by atoms with E-state index in [1.807, 2.05) is 12.4 Å². The van der Waals surface area contributed by atoms with Gasteiger partial charge in [-0.2, -0.15) is 0 Å². The zero-order chi connectivity index (χ0) is 14.0. The Morgan fingerprint density at radius 2 is 2.21 bits per heavy atom. The van der Waals surface area contributed by atoms with Crippen LogP contribution in [0.3, 0.4) is 0 Å². The van der Waals surface area contributed by atoms with Gasteiger partial charge in [-0.1, -0.05) is 0 Å². The first kappa shape index (κ1) is 13.8. The fraction of sp³-hybridized carbons (Fsp3) is 0.429. The largest absolute Gasteiger partial charge is 0.478 e. The second-order valence-electron chi connectivity index (χ2n) is 4.87. The van der Waals surface area contributed by atoms with Gasteiger partial charge in [-0.15, -0.1) is 11.3 Å². The monoisotopic (exact) mass is 279 g/mol. The SMILES string of the molecule is CC(C1CC1)N(C)C(=O)c1sccc1C=CC(=O)O. The minimum absolute atomic E-state index is 0.0283. The molecule has 1 unspecified atom stereocenters. The molecule has 1 aliphatic rings. The quantitative estimate of drug-likeness (QED) is 0.843. The number of hydrogen-bond acceptors (Lipinski definition) is 3. The predicted octanol–water partition coefficient (Wildman–Crippen LogP) is 2.72. The summed E-state index contributed by atoms with van der Waals surface area (Å²) in [5, 5.41) is 10.5. The van der Waals surface area contributed by atoms with Gasteiger partial charge in [0.25, 0.3) is 5.91 Å². The highest BCUT2D eigenvalue weighted by Gasteiger charge is 2.33. The van der Waals surface area contributed by atoms with Crippen LogP contribution in [0.15, 0.2) is 17.5 Å². The van der Waals surface area contributed by atoms with E-state index in [0.29, 0.717) is 16.4 Å². The molecule has 5 heteroatoms. The third kappa shape index (κ3) is 3.23. The molecule has 1 saturated carbocycles. The Morgan fingerprint density at radius 3 is 2.79 bits per heavy atom. The number of hydrogen-bond donors (Lipinski definition) is 1. The zero-order valence-corrected chi connectivity index (χ0v) is 11.8. The number of carbonyl (C=O) groups is 2. The fourth-order valence-corrected chi connectivity index (χ4v) is 2.89. The maximum atomic E-state index is 12.4. The standard InChI is InChI=1S/C14H17NO3S/c1-9(10-3-4-10)15(2)14(18)13-11(7-8-19-13)5-6-12(16)17/h5-10H,3-4H2,1-2H3,(H,16,17). The van der Waals surface area contributed by atoms with Crippen molar-refractivity contribution in [3.8, 4) is 0 Å². The average molecular weight is 279 g/mol. The van der Waals surface area contributed by atoms with Gasteiger partial charge in [0.2, 0.25) is 0 Å². The Hall–Kier alpha value is -1.62. The lowest BCUT2D eigenvalue weighted by Crippen LogP contribution is -2.36. The third-order valence-electron chi connectivity index (χ3n) is 3.53. The summed E-state index contributed by atoms with van der Waals surface area (Å²) in [6.07, 6.45) is 4.91. The molecule has 1 aromatic heterocycles. The predicted molar refractivity (Wildman–Crippen MR) is 75.3 cm³/mol. The third-order valence-corrected chi connectivity index (χ3v) is 4.45. The molecule has 102 valence electrons. The molecular weight excluding hydrogens is 262 g/mol. The summed E-state index contributed by atoms with van der Waals surface area (Å²) in [7, 11) is 1.82. The maximum Gasteiger partial charge on any atom is 0.328 e. The maximum absolute atomic E-state index is 12.4. The van der Waals surface area contributed by atoms with Crippen molar-refractivity contribution >= 4 is 29.3 Å². The topological polar surface area (TPSA) is 57.6 Å². The lowest BCUT2D eigenvalue weighted by molar-refractivity contribution is -0.131. The summed E-state index contributed by atoms with van der Waals surface area (Å²) < 4.78 is 0. The number of carbonyl (C=O) groups excluding carboxylic acids is 1. The van der Waals surface area contributed by atoms with Crippen molar-refractivity contribution in [2.24, 2.45) is 5.92 Å². The van der Waals surface area contributed by atoms with Gasteiger partial charge in [-0.3, -0.25) is 4.79 Å². The van der Waals surface area contributed by atoms with E-state index in [-0.39, 0.29) is 11.9 Å². The normalized spacial score (nSPS) is 16.5. The number of carboxylic acid groups (broad SMARTS) is 1. The van der Waals surface area contributed by atoms with E-state index in [9.17, 15) is 9.59 Å². The van der Waals surface area contributed by atoms with Crippen LogP contribution in [0.4, 0.5) is 0 Å². The Balaban J connectivity index is 2.14. The van der Waals surface area contributed by atoms with E-state index in [1.54, 1.807) is 11.0 Å². The van der Waals surface area contributed by atoms with Crippen molar-refractivity contribution in [3.63, 3.8) is 0 Å². The van der Waals surface area contributed by atoms with E-state index in [0.717, 1.165) is 6.08 Å². The summed E-state index contributed by atoms with van der Waals surface area (Å²) in [5.41, 5.74) is 0.673. The van der Waals surface area contributed by atoms with Crippen LogP contribution >= 0.6 is 11.3 Å². The van der Waals surface area contributed by atoms with Crippen molar-refractivity contribution in [2.75, 3.05) is 7.05 Å². The fourth-order valence-electron chi connectivity index (χ4n) is 2.03. The van der Waals surface area contributed by atoms with Crippen molar-refractivity contribution in [2.45, 2.75) is 25.8 Å². The molecule has 1 amide bonds. The average Bonchev–Trinajstić information content (AvgIpc) is 3.12. The minimum atomic E-state index is -1.01. The molecule has 0 spiro atoms. The molecule has 1 fully saturated rings. The summed E-state index contributed by atoms with van der Waals surface area (Å²) >= 11 is 1.35. The van der Waals surface area contributed by atoms with Crippen LogP contribution in [0.1, 0.15) is 35.0 Å². The zero-order valence-electron chi connectivity index (χ0n) is 11.0. The molecule has 19 heavy (non-hydrogen) atoms. The lowest BCUT2D eigenvalue weighted by atomic mass is 10.1. The Kier molecular flexibility index (Phi) is 4.04. The van der Waals surface area contributed by atoms with E-state index in [4.69, 9.17) is 5.11 Å². The minimum Gasteiger partial charge on any atom is -0.478 e. The summed E-state index contributed by atoms with van der Waals surface area (Å²) in [5.74, 6) is -0.421. The summed E-state index contributed by atoms with van der Waals surface area (Å²) in [6, 6.07) is 2.01. The first-order valence-electron chi connectivity index (χ1n) is 6.26. The number of rotatable bonds is 5. The molecule has 1 atom stereocenters. The van der Waals surface area contributed by atoms with Crippen molar-refractivity contribution in [3.05, 3.63) is 28.0 Å². The smallest absolute Gasteiger partial charge is 0.328 e. The van der Waals surface area contributed by atoms with Gasteiger partial charge in [0.1, 0.15) is 0 Å². The van der Waals surface area contributed by atoms with Gasteiger partial charge in [-0.25, -0.2) is 4.79 Å². The first-order valence-corrected chi connectivity index (χ1v) is 7.14. The number of carboxylic acids is 1. The molecule has 0 radical (unpaired) electrons. The van der Waals surface area contributed by atoms with E-state index in [2.05, 4.69) is 6.92 Å². The molecule has 0 aliphatic heterocycles. The van der Waals surface area contributed by atoms with Gasteiger partial charge >= 0.3 is 5.97 Å². The molecule has 1 heterocycles. The molecule has 4 nitrogen and oxygen atoms in total. The molecular formula is C14H17NO3S. The summed E-state index contributed by atoms with van der Waals surface area (Å²) in [6.45, 7) is 2.07. The van der Waals surface area contributed by atoms with Gasteiger partial charge in [0.05, 0.1) is 4.88 Å². The Bertz CT molecular complexity index is 517. The first-order chi connectivity index (χ1) is 9.00. The molecule has 1 N–H and O–H groups in total. The number of thiophene rings is 1. The molecule has 0 aromatic carbocycles. The van der Waals surface area contributed by atoms with E-state index >= 15 is 0 Å². The van der Waals surface area contributed by atoms with Crippen LogP contribution in [-0.4, -0.2) is 35.0 Å². The van der Waals surface area contributed by atoms with E-state index < -0.39 is 5.97 Å². The highest BCUT2D eigenvalue weighted by atomic mass is 32.1. The summed E-state index contributed by atoms with van der Waals surface area (Å²) in [4.78, 5) is 25.3. The second-order valence-corrected chi connectivity index (χ2v) is 5.79. The van der Waals surface area contributed by atoms with Crippen LogP contribution < -0.4 is 0 Å². The molecule has 1 aromatic rings. The Labute approximate surface area is 116 Å². The lowest BCUT2D eigenvalue weighted by Gasteiger charge is -2.24. The van der Waals surface area contributed by atoms with Crippen molar-refractivity contribution < 1.29 is 14.7 Å². The number of aliphatic carboxylic acids is 1. The van der Waals surface area contributed by atoms with Gasteiger partial charge in [-0.05, 0) is 48.8 Å². The highest BCUT2D eigenvalue weighted by molar-refractivity contribution is 7.12. The number of nitrogens with zero attached hydrogens (tertiary/aromatic N) is 1. The number of amides is 1. The van der Waals surface area contributed by atoms with Crippen LogP contribution in [0.25, 0.3) is 6.08 Å². The molecule has 0 saturated heterocycles. The molecule has 2 rings (SSSR count).